The van der Waals surface area contributed by atoms with Gasteiger partial charge in [-0.25, -0.2) is 0 Å². The molecular formula is C13H24N2O. The van der Waals surface area contributed by atoms with E-state index in [0.29, 0.717) is 0 Å². The van der Waals surface area contributed by atoms with Gasteiger partial charge in [0.1, 0.15) is 0 Å². The number of nitrogens with zero attached hydrogens (tertiary/aromatic N) is 1. The first kappa shape index (κ1) is 13.2. The van der Waals surface area contributed by atoms with Crippen LogP contribution in [-0.4, -0.2) is 37.0 Å². The van der Waals surface area contributed by atoms with Crippen LogP contribution in [0.15, 0.2) is 11.6 Å². The Morgan fingerprint density at radius 3 is 2.50 bits per heavy atom. The van der Waals surface area contributed by atoms with Crippen LogP contribution < -0.4 is 5.32 Å². The molecule has 0 aliphatic carbocycles. The molecule has 0 bridgehead atoms. The van der Waals surface area contributed by atoms with Crippen LogP contribution in [0.3, 0.4) is 0 Å². The molecule has 0 spiro atoms. The van der Waals surface area contributed by atoms with E-state index < -0.39 is 0 Å². The van der Waals surface area contributed by atoms with E-state index in [2.05, 4.69) is 12.2 Å². The van der Waals surface area contributed by atoms with Crippen molar-refractivity contribution in [1.29, 1.82) is 0 Å². The second-order valence-electron chi connectivity index (χ2n) is 4.80. The molecule has 1 fully saturated rings. The van der Waals surface area contributed by atoms with Gasteiger partial charge in [-0.15, -0.1) is 0 Å². The van der Waals surface area contributed by atoms with Gasteiger partial charge in [-0.1, -0.05) is 12.5 Å². The van der Waals surface area contributed by atoms with E-state index >= 15 is 0 Å². The molecular weight excluding hydrogens is 200 g/mol. The maximum atomic E-state index is 11.8. The summed E-state index contributed by atoms with van der Waals surface area (Å²) in [7, 11) is 0. The Morgan fingerprint density at radius 1 is 1.38 bits per heavy atom. The molecule has 92 valence electrons. The van der Waals surface area contributed by atoms with Crippen molar-refractivity contribution < 1.29 is 4.79 Å². The predicted molar refractivity (Wildman–Crippen MR) is 67.3 cm³/mol. The summed E-state index contributed by atoms with van der Waals surface area (Å²) in [5.41, 5.74) is 1.08. The van der Waals surface area contributed by atoms with Crippen LogP contribution in [0, 0.1) is 5.92 Å². The first-order valence-corrected chi connectivity index (χ1v) is 6.28. The van der Waals surface area contributed by atoms with Crippen molar-refractivity contribution in [3.8, 4) is 0 Å². The summed E-state index contributed by atoms with van der Waals surface area (Å²) in [5, 5.41) is 3.38. The molecule has 0 unspecified atom stereocenters. The molecule has 1 rings (SSSR count). The highest BCUT2D eigenvalue weighted by molar-refractivity contribution is 5.88. The molecule has 0 atom stereocenters. The molecule has 3 nitrogen and oxygen atoms in total. The van der Waals surface area contributed by atoms with Crippen molar-refractivity contribution in [3.05, 3.63) is 11.6 Å². The lowest BCUT2D eigenvalue weighted by atomic mass is 9.96. The van der Waals surface area contributed by atoms with Gasteiger partial charge in [0.2, 0.25) is 5.91 Å². The third kappa shape index (κ3) is 4.35. The minimum Gasteiger partial charge on any atom is -0.339 e. The predicted octanol–water partition coefficient (Wildman–Crippen LogP) is 1.80. The Morgan fingerprint density at radius 2 is 2.00 bits per heavy atom. The summed E-state index contributed by atoms with van der Waals surface area (Å²) < 4.78 is 0. The molecule has 1 amide bonds. The molecule has 1 aliphatic rings. The van der Waals surface area contributed by atoms with Crippen LogP contribution >= 0.6 is 0 Å². The fourth-order valence-electron chi connectivity index (χ4n) is 2.04. The maximum absolute atomic E-state index is 11.8. The number of piperidine rings is 1. The first-order chi connectivity index (χ1) is 7.63. The number of hydrogen-bond donors (Lipinski definition) is 1. The smallest absolute Gasteiger partial charge is 0.246 e. The number of allylic oxidation sites excluding steroid dienone is 1. The number of amides is 1. The number of likely N-dealkylation sites (tertiary alicyclic amines) is 1. The highest BCUT2D eigenvalue weighted by Gasteiger charge is 2.20. The van der Waals surface area contributed by atoms with Crippen molar-refractivity contribution in [1.82, 2.24) is 10.2 Å². The maximum Gasteiger partial charge on any atom is 0.246 e. The Balaban J connectivity index is 2.31. The molecule has 3 heteroatoms. The molecule has 1 aliphatic heterocycles. The van der Waals surface area contributed by atoms with Gasteiger partial charge in [0, 0.05) is 19.2 Å². The Bertz CT molecular complexity index is 249. The molecule has 1 heterocycles. The second-order valence-corrected chi connectivity index (χ2v) is 4.80. The first-order valence-electron chi connectivity index (χ1n) is 6.28. The lowest BCUT2D eigenvalue weighted by Crippen LogP contribution is -2.40. The minimum absolute atomic E-state index is 0.182. The average molecular weight is 224 g/mol. The van der Waals surface area contributed by atoms with E-state index in [1.807, 2.05) is 18.7 Å². The number of nitrogens with one attached hydrogen (secondary N) is 1. The van der Waals surface area contributed by atoms with Gasteiger partial charge < -0.3 is 10.2 Å². The van der Waals surface area contributed by atoms with Gasteiger partial charge in [0.25, 0.3) is 0 Å². The summed E-state index contributed by atoms with van der Waals surface area (Å²) in [6.45, 7) is 10.0. The molecule has 1 N–H and O–H groups in total. The van der Waals surface area contributed by atoms with Crippen LogP contribution in [0.5, 0.6) is 0 Å². The second kappa shape index (κ2) is 6.69. The summed E-state index contributed by atoms with van der Waals surface area (Å²) in [4.78, 5) is 13.7. The fraction of sp³-hybridized carbons (Fsp3) is 0.769. The Labute approximate surface area is 98.9 Å². The van der Waals surface area contributed by atoms with Gasteiger partial charge >= 0.3 is 0 Å². The molecule has 0 radical (unpaired) electrons. The zero-order valence-corrected chi connectivity index (χ0v) is 10.8. The minimum atomic E-state index is 0.182. The number of carbonyl (C=O) groups is 1. The van der Waals surface area contributed by atoms with Crippen molar-refractivity contribution >= 4 is 5.91 Å². The highest BCUT2D eigenvalue weighted by atomic mass is 16.2. The van der Waals surface area contributed by atoms with Crippen molar-refractivity contribution in [2.45, 2.75) is 33.6 Å². The zero-order valence-electron chi connectivity index (χ0n) is 10.8. The van der Waals surface area contributed by atoms with Crippen LogP contribution in [-0.2, 0) is 4.79 Å². The molecule has 1 saturated heterocycles. The topological polar surface area (TPSA) is 32.3 Å². The van der Waals surface area contributed by atoms with E-state index in [0.717, 1.165) is 50.5 Å². The summed E-state index contributed by atoms with van der Waals surface area (Å²) in [6, 6.07) is 0. The molecule has 16 heavy (non-hydrogen) atoms. The van der Waals surface area contributed by atoms with E-state index in [9.17, 15) is 4.79 Å². The third-order valence-corrected chi connectivity index (χ3v) is 3.02. The monoisotopic (exact) mass is 224 g/mol. The summed E-state index contributed by atoms with van der Waals surface area (Å²) >= 11 is 0. The highest BCUT2D eigenvalue weighted by Crippen LogP contribution is 2.16. The van der Waals surface area contributed by atoms with E-state index in [1.54, 1.807) is 6.08 Å². The molecule has 0 aromatic carbocycles. The van der Waals surface area contributed by atoms with Crippen LogP contribution in [0.2, 0.25) is 0 Å². The summed E-state index contributed by atoms with van der Waals surface area (Å²) in [6.07, 6.45) is 4.01. The van der Waals surface area contributed by atoms with Gasteiger partial charge in [-0.2, -0.15) is 0 Å². The van der Waals surface area contributed by atoms with Crippen molar-refractivity contribution in [3.63, 3.8) is 0 Å². The van der Waals surface area contributed by atoms with E-state index in [1.165, 1.54) is 0 Å². The lowest BCUT2D eigenvalue weighted by molar-refractivity contribution is -0.127. The molecule has 0 saturated carbocycles. The Hall–Kier alpha value is -0.830. The van der Waals surface area contributed by atoms with Crippen LogP contribution in [0.4, 0.5) is 0 Å². The van der Waals surface area contributed by atoms with Crippen LogP contribution in [0.25, 0.3) is 0 Å². The SMILES string of the molecule is CCNCC1CCN(C(=O)C=C(C)C)CC1. The van der Waals surface area contributed by atoms with Crippen molar-refractivity contribution in [2.75, 3.05) is 26.2 Å². The number of rotatable bonds is 4. The summed E-state index contributed by atoms with van der Waals surface area (Å²) in [5.74, 6) is 0.928. The van der Waals surface area contributed by atoms with Gasteiger partial charge in [-0.3, -0.25) is 4.79 Å². The normalized spacial score (nSPS) is 17.3. The van der Waals surface area contributed by atoms with Crippen molar-refractivity contribution in [2.24, 2.45) is 5.92 Å². The fourth-order valence-corrected chi connectivity index (χ4v) is 2.04. The number of hydrogen-bond acceptors (Lipinski definition) is 2. The van der Waals surface area contributed by atoms with Gasteiger partial charge in [0.05, 0.1) is 0 Å². The van der Waals surface area contributed by atoms with Gasteiger partial charge in [-0.05, 0) is 45.7 Å². The van der Waals surface area contributed by atoms with E-state index in [-0.39, 0.29) is 5.91 Å². The molecule has 0 aromatic heterocycles. The Kier molecular flexibility index (Phi) is 5.53. The zero-order chi connectivity index (χ0) is 12.0. The molecule has 0 aromatic rings. The average Bonchev–Trinajstić information content (AvgIpc) is 2.26. The quantitative estimate of drug-likeness (QED) is 0.739. The number of carbonyl (C=O) groups excluding carboxylic acids is 1. The van der Waals surface area contributed by atoms with Crippen LogP contribution in [0.1, 0.15) is 33.6 Å². The largest absolute Gasteiger partial charge is 0.339 e. The lowest BCUT2D eigenvalue weighted by Gasteiger charge is -2.31. The van der Waals surface area contributed by atoms with E-state index in [4.69, 9.17) is 0 Å². The van der Waals surface area contributed by atoms with Gasteiger partial charge in [0.15, 0.2) is 0 Å². The third-order valence-electron chi connectivity index (χ3n) is 3.02. The standard InChI is InChI=1S/C13H24N2O/c1-4-14-10-12-5-7-15(8-6-12)13(16)9-11(2)3/h9,12,14H,4-8,10H2,1-3H3.